The van der Waals surface area contributed by atoms with Crippen LogP contribution in [0.2, 0.25) is 0 Å². The average molecular weight is 421 g/mol. The number of carbonyl (C=O) groups is 2. The number of rotatable bonds is 7. The molecule has 0 aliphatic rings. The third kappa shape index (κ3) is 5.04. The van der Waals surface area contributed by atoms with Gasteiger partial charge in [-0.1, -0.05) is 12.1 Å². The minimum atomic E-state index is -3.70. The summed E-state index contributed by atoms with van der Waals surface area (Å²) in [6, 6.07) is 8.97. The van der Waals surface area contributed by atoms with Gasteiger partial charge >= 0.3 is 5.97 Å². The second kappa shape index (κ2) is 8.93. The van der Waals surface area contributed by atoms with Crippen LogP contribution in [-0.2, 0) is 19.6 Å². The molecule has 0 spiro atoms. The third-order valence-corrected chi connectivity index (χ3v) is 5.91. The Morgan fingerprint density at radius 2 is 1.86 bits per heavy atom. The van der Waals surface area contributed by atoms with Gasteiger partial charge in [0.15, 0.2) is 6.61 Å². The standard InChI is InChI=1S/C19H23N3O6S/c1-12-6-5-7-14(18(12)20)19(24)28-11-17(23)21-15-10-13(8-9-16(15)27-4)29(25,26)22(2)3/h5-10H,11,20H2,1-4H3,(H,21,23). The van der Waals surface area contributed by atoms with E-state index in [9.17, 15) is 18.0 Å². The molecular weight excluding hydrogens is 398 g/mol. The van der Waals surface area contributed by atoms with Crippen molar-refractivity contribution in [3.8, 4) is 5.75 Å². The lowest BCUT2D eigenvalue weighted by Gasteiger charge is -2.15. The van der Waals surface area contributed by atoms with E-state index in [4.69, 9.17) is 15.2 Å². The predicted octanol–water partition coefficient (Wildman–Crippen LogP) is 1.63. The molecule has 3 N–H and O–H groups in total. The number of nitrogens with zero attached hydrogens (tertiary/aromatic N) is 1. The zero-order valence-electron chi connectivity index (χ0n) is 16.6. The van der Waals surface area contributed by atoms with Crippen molar-refractivity contribution >= 4 is 33.3 Å². The van der Waals surface area contributed by atoms with E-state index in [-0.39, 0.29) is 27.6 Å². The molecule has 2 aromatic rings. The maximum atomic E-state index is 12.3. The van der Waals surface area contributed by atoms with Crippen molar-refractivity contribution in [3.05, 3.63) is 47.5 Å². The van der Waals surface area contributed by atoms with Gasteiger partial charge in [0.1, 0.15) is 5.75 Å². The molecule has 2 aromatic carbocycles. The number of nitrogens with one attached hydrogen (secondary N) is 1. The summed E-state index contributed by atoms with van der Waals surface area (Å²) in [7, 11) is 0.471. The Morgan fingerprint density at radius 1 is 1.17 bits per heavy atom. The van der Waals surface area contributed by atoms with Crippen molar-refractivity contribution in [3.63, 3.8) is 0 Å². The van der Waals surface area contributed by atoms with Crippen LogP contribution in [0.1, 0.15) is 15.9 Å². The summed E-state index contributed by atoms with van der Waals surface area (Å²) in [4.78, 5) is 24.4. The van der Waals surface area contributed by atoms with Crippen LogP contribution in [0.3, 0.4) is 0 Å². The maximum absolute atomic E-state index is 12.3. The average Bonchev–Trinajstić information content (AvgIpc) is 2.68. The van der Waals surface area contributed by atoms with Gasteiger partial charge in [-0.25, -0.2) is 17.5 Å². The number of ether oxygens (including phenoxy) is 2. The van der Waals surface area contributed by atoms with Crippen LogP contribution < -0.4 is 15.8 Å². The predicted molar refractivity (Wildman–Crippen MR) is 108 cm³/mol. The highest BCUT2D eigenvalue weighted by Crippen LogP contribution is 2.28. The van der Waals surface area contributed by atoms with Gasteiger partial charge in [-0.05, 0) is 36.8 Å². The van der Waals surface area contributed by atoms with Gasteiger partial charge < -0.3 is 20.5 Å². The van der Waals surface area contributed by atoms with Crippen LogP contribution in [0, 0.1) is 6.92 Å². The molecule has 156 valence electrons. The molecule has 9 nitrogen and oxygen atoms in total. The fourth-order valence-electron chi connectivity index (χ4n) is 2.41. The summed E-state index contributed by atoms with van der Waals surface area (Å²) in [5.41, 5.74) is 7.14. The van der Waals surface area contributed by atoms with Crippen LogP contribution >= 0.6 is 0 Å². The minimum absolute atomic E-state index is 0.0249. The Balaban J connectivity index is 2.14. The number of nitrogen functional groups attached to an aromatic ring is 1. The topological polar surface area (TPSA) is 128 Å². The molecule has 10 heteroatoms. The highest BCUT2D eigenvalue weighted by molar-refractivity contribution is 7.89. The molecule has 0 aliphatic carbocycles. The second-order valence-electron chi connectivity index (χ2n) is 6.31. The van der Waals surface area contributed by atoms with E-state index in [2.05, 4.69) is 5.32 Å². The number of para-hydroxylation sites is 1. The first kappa shape index (κ1) is 22.2. The SMILES string of the molecule is COc1ccc(S(=O)(=O)N(C)C)cc1NC(=O)COC(=O)c1cccc(C)c1N. The number of aryl methyl sites for hydroxylation is 1. The molecule has 0 aromatic heterocycles. The fraction of sp³-hybridized carbons (Fsp3) is 0.263. The number of hydrogen-bond donors (Lipinski definition) is 2. The van der Waals surface area contributed by atoms with Gasteiger partial charge in [0.25, 0.3) is 5.91 Å². The van der Waals surface area contributed by atoms with Gasteiger partial charge in [0.2, 0.25) is 10.0 Å². The van der Waals surface area contributed by atoms with Crippen molar-refractivity contribution in [2.45, 2.75) is 11.8 Å². The zero-order valence-corrected chi connectivity index (χ0v) is 17.4. The number of methoxy groups -OCH3 is 1. The number of carbonyl (C=O) groups excluding carboxylic acids is 2. The van der Waals surface area contributed by atoms with Crippen LogP contribution in [-0.4, -0.2) is 52.4 Å². The molecule has 0 atom stereocenters. The monoisotopic (exact) mass is 421 g/mol. The Morgan fingerprint density at radius 3 is 2.48 bits per heavy atom. The number of benzene rings is 2. The summed E-state index contributed by atoms with van der Waals surface area (Å²) in [6.45, 7) is 1.17. The summed E-state index contributed by atoms with van der Waals surface area (Å²) in [6.07, 6.45) is 0. The van der Waals surface area contributed by atoms with Gasteiger partial charge in [0.05, 0.1) is 23.3 Å². The molecule has 0 saturated heterocycles. The first-order chi connectivity index (χ1) is 13.6. The fourth-order valence-corrected chi connectivity index (χ4v) is 3.34. The van der Waals surface area contributed by atoms with E-state index in [1.165, 1.54) is 45.5 Å². The molecule has 0 saturated carbocycles. The molecule has 29 heavy (non-hydrogen) atoms. The number of esters is 1. The Bertz CT molecular complexity index is 1030. The van der Waals surface area contributed by atoms with Crippen molar-refractivity contribution < 1.29 is 27.5 Å². The van der Waals surface area contributed by atoms with Crippen LogP contribution in [0.5, 0.6) is 5.75 Å². The van der Waals surface area contributed by atoms with Crippen LogP contribution in [0.15, 0.2) is 41.3 Å². The Labute approximate surface area is 169 Å². The molecule has 1 amide bonds. The normalized spacial score (nSPS) is 11.2. The molecule has 0 fully saturated rings. The van der Waals surface area contributed by atoms with E-state index < -0.39 is 28.5 Å². The van der Waals surface area contributed by atoms with E-state index in [0.717, 1.165) is 4.31 Å². The Kier molecular flexibility index (Phi) is 6.83. The summed E-state index contributed by atoms with van der Waals surface area (Å²) < 4.78 is 35.8. The van der Waals surface area contributed by atoms with Gasteiger partial charge in [-0.2, -0.15) is 0 Å². The van der Waals surface area contributed by atoms with Crippen molar-refractivity contribution in [1.29, 1.82) is 0 Å². The first-order valence-corrected chi connectivity index (χ1v) is 9.94. The summed E-state index contributed by atoms with van der Waals surface area (Å²) in [5.74, 6) is -1.15. The smallest absolute Gasteiger partial charge is 0.340 e. The first-order valence-electron chi connectivity index (χ1n) is 8.50. The highest BCUT2D eigenvalue weighted by atomic mass is 32.2. The van der Waals surface area contributed by atoms with Crippen LogP contribution in [0.25, 0.3) is 0 Å². The molecule has 0 radical (unpaired) electrons. The zero-order chi connectivity index (χ0) is 21.8. The van der Waals surface area contributed by atoms with Gasteiger partial charge in [0, 0.05) is 19.8 Å². The van der Waals surface area contributed by atoms with Crippen molar-refractivity contribution in [1.82, 2.24) is 4.31 Å². The Hall–Kier alpha value is -3.11. The lowest BCUT2D eigenvalue weighted by Crippen LogP contribution is -2.24. The second-order valence-corrected chi connectivity index (χ2v) is 8.46. The number of anilines is 2. The van der Waals surface area contributed by atoms with Crippen molar-refractivity contribution in [2.75, 3.05) is 38.9 Å². The van der Waals surface area contributed by atoms with Gasteiger partial charge in [-0.3, -0.25) is 4.79 Å². The van der Waals surface area contributed by atoms with E-state index >= 15 is 0 Å². The van der Waals surface area contributed by atoms with E-state index in [0.29, 0.717) is 5.56 Å². The lowest BCUT2D eigenvalue weighted by molar-refractivity contribution is -0.119. The largest absolute Gasteiger partial charge is 0.495 e. The molecule has 0 bridgehead atoms. The molecule has 2 rings (SSSR count). The van der Waals surface area contributed by atoms with E-state index in [1.54, 1.807) is 19.1 Å². The summed E-state index contributed by atoms with van der Waals surface area (Å²) >= 11 is 0. The number of sulfonamides is 1. The molecular formula is C19H23N3O6S. The molecule has 0 aliphatic heterocycles. The quantitative estimate of drug-likeness (QED) is 0.514. The van der Waals surface area contributed by atoms with E-state index in [1.807, 2.05) is 0 Å². The molecule has 0 unspecified atom stereocenters. The van der Waals surface area contributed by atoms with Crippen molar-refractivity contribution in [2.24, 2.45) is 0 Å². The lowest BCUT2D eigenvalue weighted by atomic mass is 10.1. The minimum Gasteiger partial charge on any atom is -0.495 e. The molecule has 0 heterocycles. The highest BCUT2D eigenvalue weighted by Gasteiger charge is 2.20. The van der Waals surface area contributed by atoms with Crippen LogP contribution in [0.4, 0.5) is 11.4 Å². The third-order valence-electron chi connectivity index (χ3n) is 4.10. The van der Waals surface area contributed by atoms with Gasteiger partial charge in [-0.15, -0.1) is 0 Å². The summed E-state index contributed by atoms with van der Waals surface area (Å²) in [5, 5.41) is 2.49. The number of amides is 1. The number of nitrogens with two attached hydrogens (primary N) is 1. The number of hydrogen-bond acceptors (Lipinski definition) is 7. The maximum Gasteiger partial charge on any atom is 0.340 e.